The fourth-order valence-corrected chi connectivity index (χ4v) is 2.80. The van der Waals surface area contributed by atoms with Gasteiger partial charge in [-0.1, -0.05) is 18.2 Å². The molecule has 9 heteroatoms. The van der Waals surface area contributed by atoms with E-state index in [-0.39, 0.29) is 18.8 Å². The normalized spacial score (nSPS) is 12.7. The van der Waals surface area contributed by atoms with Gasteiger partial charge < -0.3 is 24.6 Å². The Kier molecular flexibility index (Phi) is 7.93. The zero-order chi connectivity index (χ0) is 21.4. The first-order chi connectivity index (χ1) is 13.9. The Labute approximate surface area is 168 Å². The molecule has 2 N–H and O–H groups in total. The molecule has 156 valence electrons. The van der Waals surface area contributed by atoms with Gasteiger partial charge in [0.2, 0.25) is 0 Å². The van der Waals surface area contributed by atoms with Crippen LogP contribution in [0.15, 0.2) is 42.5 Å². The summed E-state index contributed by atoms with van der Waals surface area (Å²) < 4.78 is 15.5. The van der Waals surface area contributed by atoms with Gasteiger partial charge >= 0.3 is 5.97 Å². The van der Waals surface area contributed by atoms with Crippen LogP contribution in [0.3, 0.4) is 0 Å². The first-order valence-corrected chi connectivity index (χ1v) is 8.94. The number of nitro benzene ring substituents is 1. The third kappa shape index (κ3) is 5.66. The van der Waals surface area contributed by atoms with Gasteiger partial charge in [-0.3, -0.25) is 10.1 Å². The average Bonchev–Trinajstić information content (AvgIpc) is 2.74. The number of ether oxygens (including phenoxy) is 3. The fourth-order valence-electron chi connectivity index (χ4n) is 2.80. The molecule has 0 saturated carbocycles. The van der Waals surface area contributed by atoms with Gasteiger partial charge in [0.1, 0.15) is 11.5 Å². The van der Waals surface area contributed by atoms with Crippen molar-refractivity contribution in [2.45, 2.75) is 25.6 Å². The number of esters is 1. The molecule has 0 aliphatic rings. The predicted molar refractivity (Wildman–Crippen MR) is 105 cm³/mol. The maximum absolute atomic E-state index is 12.1. The van der Waals surface area contributed by atoms with Crippen LogP contribution in [0.2, 0.25) is 0 Å². The molecule has 2 unspecified atom stereocenters. The van der Waals surface area contributed by atoms with Crippen LogP contribution in [-0.4, -0.2) is 42.9 Å². The van der Waals surface area contributed by atoms with Gasteiger partial charge in [-0.25, -0.2) is 4.79 Å². The number of carbonyl (C=O) groups is 1. The molecule has 0 bridgehead atoms. The first kappa shape index (κ1) is 22.1. The second-order valence-electron chi connectivity index (χ2n) is 6.08. The highest BCUT2D eigenvalue weighted by Gasteiger charge is 2.29. The molecule has 0 aliphatic carbocycles. The van der Waals surface area contributed by atoms with Crippen LogP contribution in [0, 0.1) is 10.1 Å². The van der Waals surface area contributed by atoms with E-state index in [1.165, 1.54) is 31.4 Å². The third-order valence-electron chi connectivity index (χ3n) is 4.31. The van der Waals surface area contributed by atoms with Crippen molar-refractivity contribution in [1.29, 1.82) is 0 Å². The Bertz CT molecular complexity index is 839. The number of nitro groups is 1. The SMILES string of the molecule is CCOC(=O)C(O)C(NCc1ccc(OC)cc1OC)c1ccc([N+](=O)[O-])cc1. The minimum atomic E-state index is -1.50. The molecular formula is C20H24N2O7. The minimum Gasteiger partial charge on any atom is -0.497 e. The van der Waals surface area contributed by atoms with E-state index >= 15 is 0 Å². The van der Waals surface area contributed by atoms with Crippen molar-refractivity contribution in [3.05, 3.63) is 63.7 Å². The van der Waals surface area contributed by atoms with E-state index in [1.54, 1.807) is 32.2 Å². The number of methoxy groups -OCH3 is 2. The van der Waals surface area contributed by atoms with Gasteiger partial charge in [0.25, 0.3) is 5.69 Å². The van der Waals surface area contributed by atoms with E-state index in [4.69, 9.17) is 14.2 Å². The van der Waals surface area contributed by atoms with Crippen LogP contribution in [0.5, 0.6) is 11.5 Å². The summed E-state index contributed by atoms with van der Waals surface area (Å²) >= 11 is 0. The molecular weight excluding hydrogens is 380 g/mol. The Morgan fingerprint density at radius 2 is 1.86 bits per heavy atom. The Balaban J connectivity index is 2.28. The number of benzene rings is 2. The number of rotatable bonds is 10. The second kappa shape index (κ2) is 10.4. The molecule has 0 heterocycles. The third-order valence-corrected chi connectivity index (χ3v) is 4.31. The summed E-state index contributed by atoms with van der Waals surface area (Å²) in [5.41, 5.74) is 1.19. The largest absolute Gasteiger partial charge is 0.497 e. The van der Waals surface area contributed by atoms with Gasteiger partial charge in [-0.2, -0.15) is 0 Å². The lowest BCUT2D eigenvalue weighted by molar-refractivity contribution is -0.384. The minimum absolute atomic E-state index is 0.0880. The van der Waals surface area contributed by atoms with Crippen LogP contribution in [0.4, 0.5) is 5.69 Å². The number of nitrogens with one attached hydrogen (secondary N) is 1. The monoisotopic (exact) mass is 404 g/mol. The quantitative estimate of drug-likeness (QED) is 0.352. The number of hydrogen-bond acceptors (Lipinski definition) is 8. The zero-order valence-electron chi connectivity index (χ0n) is 16.5. The summed E-state index contributed by atoms with van der Waals surface area (Å²) in [6, 6.07) is 10.1. The van der Waals surface area contributed by atoms with Crippen molar-refractivity contribution in [2.75, 3.05) is 20.8 Å². The highest BCUT2D eigenvalue weighted by Crippen LogP contribution is 2.27. The van der Waals surface area contributed by atoms with Gasteiger partial charge in [0, 0.05) is 30.3 Å². The number of aliphatic hydroxyl groups excluding tert-OH is 1. The van der Waals surface area contributed by atoms with Gasteiger partial charge in [-0.15, -0.1) is 0 Å². The van der Waals surface area contributed by atoms with Crippen LogP contribution < -0.4 is 14.8 Å². The summed E-state index contributed by atoms with van der Waals surface area (Å²) in [6.07, 6.45) is -1.50. The van der Waals surface area contributed by atoms with E-state index < -0.39 is 23.0 Å². The zero-order valence-corrected chi connectivity index (χ0v) is 16.5. The Morgan fingerprint density at radius 1 is 1.17 bits per heavy atom. The number of aliphatic hydroxyl groups is 1. The molecule has 0 fully saturated rings. The topological polar surface area (TPSA) is 120 Å². The van der Waals surface area contributed by atoms with Gasteiger partial charge in [0.15, 0.2) is 6.10 Å². The molecule has 0 aliphatic heterocycles. The van der Waals surface area contributed by atoms with Crippen molar-refractivity contribution in [3.8, 4) is 11.5 Å². The summed E-state index contributed by atoms with van der Waals surface area (Å²) in [5.74, 6) is 0.416. The molecule has 2 rings (SSSR count). The standard InChI is InChI=1S/C20H24N2O7/c1-4-29-20(24)19(23)18(13-5-8-15(9-6-13)22(25)26)21-12-14-7-10-16(27-2)11-17(14)28-3/h5-11,18-19,21,23H,4,12H2,1-3H3. The second-order valence-corrected chi connectivity index (χ2v) is 6.08. The molecule has 0 amide bonds. The van der Waals surface area contributed by atoms with E-state index in [2.05, 4.69) is 5.32 Å². The lowest BCUT2D eigenvalue weighted by atomic mass is 10.00. The predicted octanol–water partition coefficient (Wildman–Crippen LogP) is 2.37. The molecule has 0 radical (unpaired) electrons. The molecule has 29 heavy (non-hydrogen) atoms. The maximum atomic E-state index is 12.1. The number of non-ortho nitro benzene ring substituents is 1. The number of hydrogen-bond donors (Lipinski definition) is 2. The van der Waals surface area contributed by atoms with E-state index in [0.717, 1.165) is 5.56 Å². The first-order valence-electron chi connectivity index (χ1n) is 8.94. The van der Waals surface area contributed by atoms with Crippen LogP contribution >= 0.6 is 0 Å². The Morgan fingerprint density at radius 3 is 2.41 bits per heavy atom. The van der Waals surface area contributed by atoms with Crippen molar-refractivity contribution in [1.82, 2.24) is 5.32 Å². The number of carbonyl (C=O) groups excluding carboxylic acids is 1. The van der Waals surface area contributed by atoms with Crippen molar-refractivity contribution in [2.24, 2.45) is 0 Å². The lowest BCUT2D eigenvalue weighted by Gasteiger charge is -2.24. The van der Waals surface area contributed by atoms with Crippen LogP contribution in [0.25, 0.3) is 0 Å². The Hall–Kier alpha value is -3.17. The number of nitrogens with zero attached hydrogens (tertiary/aromatic N) is 1. The van der Waals surface area contributed by atoms with Crippen LogP contribution in [0.1, 0.15) is 24.1 Å². The molecule has 2 aromatic rings. The molecule has 0 saturated heterocycles. The van der Waals surface area contributed by atoms with E-state index in [9.17, 15) is 20.0 Å². The highest BCUT2D eigenvalue weighted by molar-refractivity contribution is 5.75. The summed E-state index contributed by atoms with van der Waals surface area (Å²) in [6.45, 7) is 2.02. The molecule has 9 nitrogen and oxygen atoms in total. The maximum Gasteiger partial charge on any atom is 0.336 e. The molecule has 2 atom stereocenters. The van der Waals surface area contributed by atoms with E-state index in [0.29, 0.717) is 17.1 Å². The van der Waals surface area contributed by atoms with E-state index in [1.807, 2.05) is 0 Å². The molecule has 2 aromatic carbocycles. The smallest absolute Gasteiger partial charge is 0.336 e. The summed E-state index contributed by atoms with van der Waals surface area (Å²) in [4.78, 5) is 22.5. The molecule has 0 spiro atoms. The lowest BCUT2D eigenvalue weighted by Crippen LogP contribution is -2.38. The van der Waals surface area contributed by atoms with Crippen molar-refractivity contribution >= 4 is 11.7 Å². The van der Waals surface area contributed by atoms with Crippen LogP contribution in [-0.2, 0) is 16.1 Å². The van der Waals surface area contributed by atoms with Crippen molar-refractivity contribution < 1.29 is 29.0 Å². The summed E-state index contributed by atoms with van der Waals surface area (Å²) in [5, 5.41) is 24.5. The van der Waals surface area contributed by atoms with Gasteiger partial charge in [-0.05, 0) is 18.6 Å². The molecule has 0 aromatic heterocycles. The highest BCUT2D eigenvalue weighted by atomic mass is 16.6. The average molecular weight is 404 g/mol. The van der Waals surface area contributed by atoms with Crippen molar-refractivity contribution in [3.63, 3.8) is 0 Å². The fraction of sp³-hybridized carbons (Fsp3) is 0.350. The van der Waals surface area contributed by atoms with Gasteiger partial charge in [0.05, 0.1) is 31.8 Å². The summed E-state index contributed by atoms with van der Waals surface area (Å²) in [7, 11) is 3.08.